The highest BCUT2D eigenvalue weighted by atomic mass is 16.6. The van der Waals surface area contributed by atoms with Gasteiger partial charge in [-0.1, -0.05) is 26.2 Å². The number of nitrogens with one attached hydrogen (secondary N) is 1. The van der Waals surface area contributed by atoms with Gasteiger partial charge in [0.2, 0.25) is 5.91 Å². The molecule has 1 rings (SSSR count). The first kappa shape index (κ1) is 17.8. The van der Waals surface area contributed by atoms with Gasteiger partial charge >= 0.3 is 6.09 Å². The molecule has 0 aromatic rings. The zero-order chi connectivity index (χ0) is 15.7. The predicted octanol–water partition coefficient (Wildman–Crippen LogP) is 2.94. The van der Waals surface area contributed by atoms with Crippen molar-refractivity contribution in [3.63, 3.8) is 0 Å². The smallest absolute Gasteiger partial charge is 0.409 e. The molecule has 0 spiro atoms. The summed E-state index contributed by atoms with van der Waals surface area (Å²) in [6.45, 7) is 7.57. The van der Waals surface area contributed by atoms with E-state index in [2.05, 4.69) is 19.2 Å². The van der Waals surface area contributed by atoms with E-state index in [9.17, 15) is 9.59 Å². The number of unbranched alkanes of at least 4 members (excludes halogenated alkanes) is 2. The fraction of sp³-hybridized carbons (Fsp3) is 0.875. The molecule has 0 saturated carbocycles. The van der Waals surface area contributed by atoms with Gasteiger partial charge in [0.25, 0.3) is 0 Å². The Hall–Kier alpha value is -1.26. The van der Waals surface area contributed by atoms with Crippen LogP contribution < -0.4 is 5.32 Å². The molecule has 21 heavy (non-hydrogen) atoms. The van der Waals surface area contributed by atoms with Crippen molar-refractivity contribution in [2.75, 3.05) is 19.7 Å². The van der Waals surface area contributed by atoms with Crippen LogP contribution in [0.5, 0.6) is 0 Å². The van der Waals surface area contributed by atoms with Crippen LogP contribution in [0.15, 0.2) is 0 Å². The van der Waals surface area contributed by atoms with E-state index in [-0.39, 0.29) is 24.0 Å². The first-order valence-corrected chi connectivity index (χ1v) is 8.30. The maximum Gasteiger partial charge on any atom is 0.409 e. The summed E-state index contributed by atoms with van der Waals surface area (Å²) in [5, 5.41) is 3.08. The van der Waals surface area contributed by atoms with Crippen LogP contribution in [0.2, 0.25) is 0 Å². The SMILES string of the molecule is CCCCCC(C)NC(=O)C1CCCN(C(=O)OCC)C1. The number of nitrogens with zero attached hydrogens (tertiary/aromatic N) is 1. The van der Waals surface area contributed by atoms with Gasteiger partial charge in [0.05, 0.1) is 12.5 Å². The number of ether oxygens (including phenoxy) is 1. The zero-order valence-corrected chi connectivity index (χ0v) is 13.7. The molecule has 2 unspecified atom stereocenters. The molecule has 0 radical (unpaired) electrons. The van der Waals surface area contributed by atoms with Crippen LogP contribution in [-0.4, -0.2) is 42.6 Å². The minimum Gasteiger partial charge on any atom is -0.450 e. The molecule has 0 aromatic carbocycles. The monoisotopic (exact) mass is 298 g/mol. The molecule has 0 aliphatic carbocycles. The molecule has 1 aliphatic rings. The predicted molar refractivity (Wildman–Crippen MR) is 83.1 cm³/mol. The van der Waals surface area contributed by atoms with Gasteiger partial charge in [-0.25, -0.2) is 4.79 Å². The largest absolute Gasteiger partial charge is 0.450 e. The van der Waals surface area contributed by atoms with Crippen LogP contribution in [0.4, 0.5) is 4.79 Å². The number of carbonyl (C=O) groups excluding carboxylic acids is 2. The Labute approximate surface area is 128 Å². The van der Waals surface area contributed by atoms with Crippen molar-refractivity contribution < 1.29 is 14.3 Å². The molecule has 1 saturated heterocycles. The molecule has 1 N–H and O–H groups in total. The van der Waals surface area contributed by atoms with Crippen molar-refractivity contribution in [3.05, 3.63) is 0 Å². The number of hydrogen-bond donors (Lipinski definition) is 1. The van der Waals surface area contributed by atoms with Crippen LogP contribution in [0, 0.1) is 5.92 Å². The third-order valence-electron chi connectivity index (χ3n) is 3.95. The van der Waals surface area contributed by atoms with E-state index in [4.69, 9.17) is 4.74 Å². The van der Waals surface area contributed by atoms with E-state index < -0.39 is 0 Å². The Morgan fingerprint density at radius 1 is 1.33 bits per heavy atom. The van der Waals surface area contributed by atoms with Crippen molar-refractivity contribution in [1.82, 2.24) is 10.2 Å². The number of amides is 2. The van der Waals surface area contributed by atoms with Gasteiger partial charge in [0, 0.05) is 19.1 Å². The van der Waals surface area contributed by atoms with Crippen LogP contribution in [0.3, 0.4) is 0 Å². The lowest BCUT2D eigenvalue weighted by atomic mass is 9.97. The van der Waals surface area contributed by atoms with Crippen molar-refractivity contribution in [1.29, 1.82) is 0 Å². The summed E-state index contributed by atoms with van der Waals surface area (Å²) in [7, 11) is 0. The summed E-state index contributed by atoms with van der Waals surface area (Å²) in [5.74, 6) is -0.0234. The van der Waals surface area contributed by atoms with E-state index >= 15 is 0 Å². The molecule has 2 atom stereocenters. The summed E-state index contributed by atoms with van der Waals surface area (Å²) in [5.41, 5.74) is 0. The second-order valence-electron chi connectivity index (χ2n) is 5.89. The van der Waals surface area contributed by atoms with Gasteiger partial charge in [-0.2, -0.15) is 0 Å². The zero-order valence-electron chi connectivity index (χ0n) is 13.7. The van der Waals surface area contributed by atoms with Gasteiger partial charge < -0.3 is 15.0 Å². The lowest BCUT2D eigenvalue weighted by Gasteiger charge is -2.31. The number of carbonyl (C=O) groups is 2. The van der Waals surface area contributed by atoms with Crippen LogP contribution in [0.25, 0.3) is 0 Å². The van der Waals surface area contributed by atoms with E-state index in [0.717, 1.165) is 25.7 Å². The highest BCUT2D eigenvalue weighted by molar-refractivity contribution is 5.80. The van der Waals surface area contributed by atoms with Crippen molar-refractivity contribution in [3.8, 4) is 0 Å². The Kier molecular flexibility index (Phi) is 8.16. The minimum absolute atomic E-state index is 0.0768. The van der Waals surface area contributed by atoms with E-state index in [1.807, 2.05) is 0 Å². The summed E-state index contributed by atoms with van der Waals surface area (Å²) in [6.07, 6.45) is 5.99. The summed E-state index contributed by atoms with van der Waals surface area (Å²) >= 11 is 0. The number of rotatable bonds is 7. The van der Waals surface area contributed by atoms with E-state index in [1.165, 1.54) is 12.8 Å². The summed E-state index contributed by atoms with van der Waals surface area (Å²) in [4.78, 5) is 25.7. The average Bonchev–Trinajstić information content (AvgIpc) is 2.48. The van der Waals surface area contributed by atoms with Crippen LogP contribution in [0.1, 0.15) is 59.3 Å². The van der Waals surface area contributed by atoms with E-state index in [0.29, 0.717) is 19.7 Å². The molecule has 1 heterocycles. The topological polar surface area (TPSA) is 58.6 Å². The van der Waals surface area contributed by atoms with Gasteiger partial charge in [-0.05, 0) is 33.1 Å². The quantitative estimate of drug-likeness (QED) is 0.735. The van der Waals surface area contributed by atoms with Crippen molar-refractivity contribution in [2.24, 2.45) is 5.92 Å². The highest BCUT2D eigenvalue weighted by Crippen LogP contribution is 2.18. The third kappa shape index (κ3) is 6.36. The third-order valence-corrected chi connectivity index (χ3v) is 3.95. The van der Waals surface area contributed by atoms with Gasteiger partial charge in [0.15, 0.2) is 0 Å². The number of piperidine rings is 1. The fourth-order valence-corrected chi connectivity index (χ4v) is 2.71. The minimum atomic E-state index is -0.300. The Bertz CT molecular complexity index is 333. The first-order chi connectivity index (χ1) is 10.1. The molecular formula is C16H30N2O3. The standard InChI is InChI=1S/C16H30N2O3/c1-4-6-7-9-13(3)17-15(19)14-10-8-11-18(12-14)16(20)21-5-2/h13-14H,4-12H2,1-3H3,(H,17,19). The molecule has 1 fully saturated rings. The van der Waals surface area contributed by atoms with Gasteiger partial charge in [0.1, 0.15) is 0 Å². The average molecular weight is 298 g/mol. The Morgan fingerprint density at radius 2 is 2.10 bits per heavy atom. The Balaban J connectivity index is 2.37. The normalized spacial score (nSPS) is 20.0. The maximum atomic E-state index is 12.3. The molecule has 5 nitrogen and oxygen atoms in total. The fourth-order valence-electron chi connectivity index (χ4n) is 2.71. The second-order valence-corrected chi connectivity index (χ2v) is 5.89. The van der Waals surface area contributed by atoms with Gasteiger partial charge in [-0.3, -0.25) is 4.79 Å². The van der Waals surface area contributed by atoms with Gasteiger partial charge in [-0.15, -0.1) is 0 Å². The molecule has 122 valence electrons. The van der Waals surface area contributed by atoms with Crippen molar-refractivity contribution in [2.45, 2.75) is 65.3 Å². The first-order valence-electron chi connectivity index (χ1n) is 8.30. The second kappa shape index (κ2) is 9.64. The molecule has 2 amide bonds. The molecule has 0 bridgehead atoms. The highest BCUT2D eigenvalue weighted by Gasteiger charge is 2.29. The summed E-state index contributed by atoms with van der Waals surface area (Å²) < 4.78 is 5.01. The summed E-state index contributed by atoms with van der Waals surface area (Å²) in [6, 6.07) is 0.210. The number of hydrogen-bond acceptors (Lipinski definition) is 3. The number of likely N-dealkylation sites (tertiary alicyclic amines) is 1. The lowest BCUT2D eigenvalue weighted by Crippen LogP contribution is -2.47. The van der Waals surface area contributed by atoms with E-state index in [1.54, 1.807) is 11.8 Å². The van der Waals surface area contributed by atoms with Crippen molar-refractivity contribution >= 4 is 12.0 Å². The van der Waals surface area contributed by atoms with Crippen LogP contribution in [-0.2, 0) is 9.53 Å². The molecule has 0 aromatic heterocycles. The Morgan fingerprint density at radius 3 is 2.76 bits per heavy atom. The molecule has 1 aliphatic heterocycles. The maximum absolute atomic E-state index is 12.3. The van der Waals surface area contributed by atoms with Crippen LogP contribution >= 0.6 is 0 Å². The molecule has 5 heteroatoms. The molecular weight excluding hydrogens is 268 g/mol. The lowest BCUT2D eigenvalue weighted by molar-refractivity contribution is -0.127.